The predicted octanol–water partition coefficient (Wildman–Crippen LogP) is 6.28. The summed E-state index contributed by atoms with van der Waals surface area (Å²) in [6.45, 7) is 2.46. The molecule has 0 amide bonds. The van der Waals surface area contributed by atoms with E-state index in [0.717, 1.165) is 17.4 Å². The Morgan fingerprint density at radius 3 is 1.83 bits per heavy atom. The Morgan fingerprint density at radius 1 is 0.783 bits per heavy atom. The van der Waals surface area contributed by atoms with E-state index in [-0.39, 0.29) is 6.61 Å². The lowest BCUT2D eigenvalue weighted by molar-refractivity contribution is 0.245. The van der Waals surface area contributed by atoms with E-state index in [4.69, 9.17) is 5.11 Å². The first-order valence-electron chi connectivity index (χ1n) is 10.0. The highest BCUT2D eigenvalue weighted by Gasteiger charge is 2.20. The molecule has 130 valence electrons. The van der Waals surface area contributed by atoms with Crippen LogP contribution in [0.2, 0.25) is 0 Å². The molecule has 0 heterocycles. The Balaban J connectivity index is 1.53. The van der Waals surface area contributed by atoms with Gasteiger partial charge in [0.15, 0.2) is 0 Å². The van der Waals surface area contributed by atoms with Gasteiger partial charge in [-0.15, -0.1) is 0 Å². The van der Waals surface area contributed by atoms with Gasteiger partial charge in [-0.25, -0.2) is 0 Å². The van der Waals surface area contributed by atoms with Crippen molar-refractivity contribution in [3.63, 3.8) is 0 Å². The maximum atomic E-state index is 9.07. The molecule has 1 nitrogen and oxygen atoms in total. The van der Waals surface area contributed by atoms with Crippen molar-refractivity contribution in [3.05, 3.63) is 35.4 Å². The average molecular weight is 317 g/mol. The Bertz CT molecular complexity index is 400. The minimum Gasteiger partial charge on any atom is -0.392 e. The molecule has 0 spiro atoms. The Hall–Kier alpha value is -0.820. The van der Waals surface area contributed by atoms with Crippen LogP contribution in [-0.2, 0) is 13.0 Å². The minimum atomic E-state index is 0.154. The minimum absolute atomic E-state index is 0.154. The summed E-state index contributed by atoms with van der Waals surface area (Å²) in [6, 6.07) is 8.45. The third kappa shape index (κ3) is 7.08. The van der Waals surface area contributed by atoms with Crippen molar-refractivity contribution in [3.8, 4) is 0 Å². The second-order valence-electron chi connectivity index (χ2n) is 7.60. The summed E-state index contributed by atoms with van der Waals surface area (Å²) < 4.78 is 0. The summed E-state index contributed by atoms with van der Waals surface area (Å²) in [5.74, 6) is 2.05. The maximum Gasteiger partial charge on any atom is 0.0681 e. The molecule has 0 unspecified atom stereocenters. The normalized spacial score (nSPS) is 21.5. The number of aliphatic hydroxyl groups excluding tert-OH is 1. The van der Waals surface area contributed by atoms with E-state index in [1.165, 1.54) is 82.6 Å². The highest BCUT2D eigenvalue weighted by molar-refractivity contribution is 5.21. The average Bonchev–Trinajstić information content (AvgIpc) is 2.61. The quantitative estimate of drug-likeness (QED) is 0.504. The van der Waals surface area contributed by atoms with Gasteiger partial charge in [0.1, 0.15) is 0 Å². The van der Waals surface area contributed by atoms with Gasteiger partial charge in [0.05, 0.1) is 6.61 Å². The van der Waals surface area contributed by atoms with Crippen molar-refractivity contribution in [2.45, 2.75) is 90.6 Å². The molecule has 1 fully saturated rings. The molecule has 0 saturated heterocycles. The molecule has 1 saturated carbocycles. The number of hydrogen-bond donors (Lipinski definition) is 1. The first kappa shape index (κ1) is 18.5. The fourth-order valence-corrected chi connectivity index (χ4v) is 4.07. The third-order valence-electron chi connectivity index (χ3n) is 5.72. The molecule has 23 heavy (non-hydrogen) atoms. The van der Waals surface area contributed by atoms with E-state index >= 15 is 0 Å². The van der Waals surface area contributed by atoms with Gasteiger partial charge in [0.25, 0.3) is 0 Å². The molecule has 2 rings (SSSR count). The van der Waals surface area contributed by atoms with E-state index in [9.17, 15) is 0 Å². The standard InChI is InChI=1S/C22H36O/c1-2-3-4-7-19-10-12-20(13-11-19)8-5-6-9-21-14-16-22(18-23)17-15-21/h14-17,19-20,23H,2-13,18H2,1H3/t19-,20-. The first-order valence-corrected chi connectivity index (χ1v) is 10.0. The molecule has 1 aromatic rings. The van der Waals surface area contributed by atoms with Gasteiger partial charge in [-0.3, -0.25) is 0 Å². The fourth-order valence-electron chi connectivity index (χ4n) is 4.07. The van der Waals surface area contributed by atoms with Gasteiger partial charge in [-0.2, -0.15) is 0 Å². The van der Waals surface area contributed by atoms with Crippen molar-refractivity contribution >= 4 is 0 Å². The number of benzene rings is 1. The third-order valence-corrected chi connectivity index (χ3v) is 5.72. The zero-order chi connectivity index (χ0) is 16.3. The van der Waals surface area contributed by atoms with Crippen molar-refractivity contribution < 1.29 is 5.11 Å². The van der Waals surface area contributed by atoms with Crippen LogP contribution in [0.1, 0.15) is 88.7 Å². The van der Waals surface area contributed by atoms with Crippen LogP contribution in [0.25, 0.3) is 0 Å². The molecular weight excluding hydrogens is 280 g/mol. The first-order chi connectivity index (χ1) is 11.3. The van der Waals surface area contributed by atoms with Crippen LogP contribution in [0.3, 0.4) is 0 Å². The van der Waals surface area contributed by atoms with Gasteiger partial charge in [-0.05, 0) is 35.8 Å². The molecule has 1 aromatic carbocycles. The molecule has 0 aliphatic heterocycles. The van der Waals surface area contributed by atoms with Crippen LogP contribution in [0.4, 0.5) is 0 Å². The smallest absolute Gasteiger partial charge is 0.0681 e. The summed E-state index contributed by atoms with van der Waals surface area (Å²) in [6.07, 6.45) is 17.0. The number of aliphatic hydroxyl groups is 1. The molecule has 1 heteroatoms. The number of unbranched alkanes of at least 4 members (excludes halogenated alkanes) is 3. The van der Waals surface area contributed by atoms with Crippen LogP contribution in [0.5, 0.6) is 0 Å². The molecule has 0 atom stereocenters. The summed E-state index contributed by atoms with van der Waals surface area (Å²) in [5.41, 5.74) is 2.44. The predicted molar refractivity (Wildman–Crippen MR) is 99.5 cm³/mol. The van der Waals surface area contributed by atoms with Crippen molar-refractivity contribution in [1.29, 1.82) is 0 Å². The van der Waals surface area contributed by atoms with E-state index in [0.29, 0.717) is 0 Å². The number of rotatable bonds is 10. The number of aryl methyl sites for hydroxylation is 1. The highest BCUT2D eigenvalue weighted by Crippen LogP contribution is 2.34. The van der Waals surface area contributed by atoms with Crippen LogP contribution in [-0.4, -0.2) is 5.11 Å². The molecule has 0 radical (unpaired) electrons. The summed E-state index contributed by atoms with van der Waals surface area (Å²) >= 11 is 0. The molecule has 1 aliphatic rings. The van der Waals surface area contributed by atoms with Crippen LogP contribution >= 0.6 is 0 Å². The Labute approximate surface area is 143 Å². The number of hydrogen-bond acceptors (Lipinski definition) is 1. The van der Waals surface area contributed by atoms with Gasteiger partial charge >= 0.3 is 0 Å². The van der Waals surface area contributed by atoms with Gasteiger partial charge in [0.2, 0.25) is 0 Å². The highest BCUT2D eigenvalue weighted by atomic mass is 16.3. The summed E-state index contributed by atoms with van der Waals surface area (Å²) in [7, 11) is 0. The summed E-state index contributed by atoms with van der Waals surface area (Å²) in [5, 5.41) is 9.07. The molecule has 0 aromatic heterocycles. The van der Waals surface area contributed by atoms with Gasteiger partial charge in [-0.1, -0.05) is 95.4 Å². The van der Waals surface area contributed by atoms with Crippen molar-refractivity contribution in [1.82, 2.24) is 0 Å². The summed E-state index contributed by atoms with van der Waals surface area (Å²) in [4.78, 5) is 0. The second-order valence-corrected chi connectivity index (χ2v) is 7.60. The van der Waals surface area contributed by atoms with Gasteiger partial charge in [0, 0.05) is 0 Å². The molecule has 1 N–H and O–H groups in total. The van der Waals surface area contributed by atoms with Crippen molar-refractivity contribution in [2.24, 2.45) is 11.8 Å². The van der Waals surface area contributed by atoms with Crippen LogP contribution < -0.4 is 0 Å². The van der Waals surface area contributed by atoms with Crippen LogP contribution in [0.15, 0.2) is 24.3 Å². The van der Waals surface area contributed by atoms with E-state index in [2.05, 4.69) is 31.2 Å². The van der Waals surface area contributed by atoms with Crippen molar-refractivity contribution in [2.75, 3.05) is 0 Å². The van der Waals surface area contributed by atoms with E-state index < -0.39 is 0 Å². The SMILES string of the molecule is CCCCC[C@H]1CC[C@H](CCCCc2ccc(CO)cc2)CC1. The largest absolute Gasteiger partial charge is 0.392 e. The van der Waals surface area contributed by atoms with Gasteiger partial charge < -0.3 is 5.11 Å². The zero-order valence-electron chi connectivity index (χ0n) is 15.1. The fraction of sp³-hybridized carbons (Fsp3) is 0.727. The molecule has 0 bridgehead atoms. The Morgan fingerprint density at radius 2 is 1.30 bits per heavy atom. The lowest BCUT2D eigenvalue weighted by Gasteiger charge is -2.28. The lowest BCUT2D eigenvalue weighted by Crippen LogP contribution is -2.14. The van der Waals surface area contributed by atoms with E-state index in [1.807, 2.05) is 0 Å². The van der Waals surface area contributed by atoms with Crippen LogP contribution in [0, 0.1) is 11.8 Å². The topological polar surface area (TPSA) is 20.2 Å². The second kappa shape index (κ2) is 10.9. The maximum absolute atomic E-state index is 9.07. The monoisotopic (exact) mass is 316 g/mol. The molecule has 1 aliphatic carbocycles. The molecular formula is C22H36O. The lowest BCUT2D eigenvalue weighted by atomic mass is 9.78. The zero-order valence-corrected chi connectivity index (χ0v) is 15.1. The Kier molecular flexibility index (Phi) is 8.74. The van der Waals surface area contributed by atoms with E-state index in [1.54, 1.807) is 0 Å².